The molecule has 0 amide bonds. The lowest BCUT2D eigenvalue weighted by Crippen LogP contribution is -2.23. The lowest BCUT2D eigenvalue weighted by molar-refractivity contribution is 0.102. The number of hydrogen-bond acceptors (Lipinski definition) is 4. The van der Waals surface area contributed by atoms with E-state index in [1.165, 1.54) is 6.42 Å². The van der Waals surface area contributed by atoms with E-state index in [1.807, 2.05) is 54.7 Å². The molecule has 2 aromatic carbocycles. The smallest absolute Gasteiger partial charge is 0.150 e. The van der Waals surface area contributed by atoms with Crippen LogP contribution in [0.15, 0.2) is 60.9 Å². The first kappa shape index (κ1) is 19.1. The van der Waals surface area contributed by atoms with Gasteiger partial charge in [-0.2, -0.15) is 0 Å². The SMILES string of the molecule is CC(O)(c1ccccc1)c1ccc(-c2nc(C3CCC3)n3ccnc(N)c23)cc1Cl. The van der Waals surface area contributed by atoms with Gasteiger partial charge in [0.2, 0.25) is 0 Å². The van der Waals surface area contributed by atoms with Gasteiger partial charge in [-0.3, -0.25) is 4.40 Å². The normalized spacial score (nSPS) is 16.4. The fraction of sp³-hybridized carbons (Fsp3) is 0.250. The van der Waals surface area contributed by atoms with Crippen molar-refractivity contribution in [2.75, 3.05) is 5.73 Å². The molecule has 0 bridgehead atoms. The number of nitrogens with zero attached hydrogens (tertiary/aromatic N) is 3. The van der Waals surface area contributed by atoms with E-state index in [4.69, 9.17) is 22.3 Å². The Labute approximate surface area is 180 Å². The summed E-state index contributed by atoms with van der Waals surface area (Å²) >= 11 is 6.67. The molecule has 1 saturated carbocycles. The summed E-state index contributed by atoms with van der Waals surface area (Å²) in [6.07, 6.45) is 7.14. The number of hydrogen-bond donors (Lipinski definition) is 2. The van der Waals surface area contributed by atoms with E-state index in [9.17, 15) is 5.11 Å². The number of fused-ring (bicyclic) bond motifs is 1. The van der Waals surface area contributed by atoms with Gasteiger partial charge in [0.25, 0.3) is 0 Å². The zero-order valence-corrected chi connectivity index (χ0v) is 17.5. The van der Waals surface area contributed by atoms with Gasteiger partial charge >= 0.3 is 0 Å². The Balaban J connectivity index is 1.63. The molecule has 0 saturated heterocycles. The minimum absolute atomic E-state index is 0.446. The van der Waals surface area contributed by atoms with Crippen LogP contribution in [0, 0.1) is 0 Å². The molecular weight excluding hydrogens is 396 g/mol. The second-order valence-electron chi connectivity index (χ2n) is 8.11. The highest BCUT2D eigenvalue weighted by Crippen LogP contribution is 2.41. The average Bonchev–Trinajstić information content (AvgIpc) is 3.08. The Morgan fingerprint density at radius 3 is 2.60 bits per heavy atom. The van der Waals surface area contributed by atoms with Crippen molar-refractivity contribution in [2.24, 2.45) is 0 Å². The molecule has 1 fully saturated rings. The monoisotopic (exact) mass is 418 g/mol. The molecule has 152 valence electrons. The molecule has 5 rings (SSSR count). The minimum atomic E-state index is -1.20. The standard InChI is InChI=1S/C24H23ClN4O/c1-24(30,17-8-3-2-4-9-17)18-11-10-16(14-19(18)25)20-21-22(26)27-12-13-29(21)23(28-20)15-6-5-7-15/h2-4,8-15,30H,5-7H2,1H3,(H2,26,27). The summed E-state index contributed by atoms with van der Waals surface area (Å²) in [6, 6.07) is 15.2. The van der Waals surface area contributed by atoms with E-state index in [1.54, 1.807) is 13.1 Å². The zero-order chi connectivity index (χ0) is 20.9. The van der Waals surface area contributed by atoms with Crippen molar-refractivity contribution in [3.8, 4) is 11.3 Å². The van der Waals surface area contributed by atoms with E-state index in [0.29, 0.717) is 22.3 Å². The van der Waals surface area contributed by atoms with Crippen LogP contribution in [-0.4, -0.2) is 19.5 Å². The lowest BCUT2D eigenvalue weighted by Gasteiger charge is -2.26. The maximum absolute atomic E-state index is 11.2. The fourth-order valence-electron chi connectivity index (χ4n) is 4.22. The fourth-order valence-corrected chi connectivity index (χ4v) is 4.58. The molecule has 2 heterocycles. The molecule has 1 unspecified atom stereocenters. The number of rotatable bonds is 4. The predicted molar refractivity (Wildman–Crippen MR) is 120 cm³/mol. The Kier molecular flexibility index (Phi) is 4.53. The van der Waals surface area contributed by atoms with Crippen LogP contribution < -0.4 is 5.73 Å². The second kappa shape index (κ2) is 7.11. The number of nitrogen functional groups attached to an aromatic ring is 1. The number of benzene rings is 2. The van der Waals surface area contributed by atoms with Crippen molar-refractivity contribution in [1.29, 1.82) is 0 Å². The third kappa shape index (κ3) is 2.97. The highest BCUT2D eigenvalue weighted by Gasteiger charge is 2.30. The highest BCUT2D eigenvalue weighted by molar-refractivity contribution is 6.31. The largest absolute Gasteiger partial charge is 0.382 e. The summed E-state index contributed by atoms with van der Waals surface area (Å²) in [6.45, 7) is 1.76. The number of nitrogens with two attached hydrogens (primary N) is 1. The van der Waals surface area contributed by atoms with E-state index in [2.05, 4.69) is 9.38 Å². The van der Waals surface area contributed by atoms with Crippen molar-refractivity contribution in [3.05, 3.63) is 82.9 Å². The quantitative estimate of drug-likeness (QED) is 0.480. The van der Waals surface area contributed by atoms with Gasteiger partial charge in [-0.05, 0) is 31.4 Å². The third-order valence-electron chi connectivity index (χ3n) is 6.18. The Hall–Kier alpha value is -2.89. The van der Waals surface area contributed by atoms with Gasteiger partial charge in [0, 0.05) is 34.5 Å². The van der Waals surface area contributed by atoms with Gasteiger partial charge in [-0.1, -0.05) is 60.5 Å². The summed E-state index contributed by atoms with van der Waals surface area (Å²) in [5, 5.41) is 11.7. The van der Waals surface area contributed by atoms with Gasteiger partial charge in [0.15, 0.2) is 0 Å². The van der Waals surface area contributed by atoms with Crippen LogP contribution in [0.25, 0.3) is 16.8 Å². The van der Waals surface area contributed by atoms with Crippen LogP contribution in [0.5, 0.6) is 0 Å². The van der Waals surface area contributed by atoms with Crippen molar-refractivity contribution >= 4 is 22.9 Å². The van der Waals surface area contributed by atoms with E-state index < -0.39 is 5.60 Å². The maximum atomic E-state index is 11.2. The van der Waals surface area contributed by atoms with Crippen LogP contribution >= 0.6 is 11.6 Å². The molecule has 1 aliphatic carbocycles. The van der Waals surface area contributed by atoms with Crippen LogP contribution in [-0.2, 0) is 5.60 Å². The molecule has 2 aromatic heterocycles. The van der Waals surface area contributed by atoms with Crippen LogP contribution in [0.3, 0.4) is 0 Å². The van der Waals surface area contributed by atoms with Crippen LogP contribution in [0.1, 0.15) is 49.1 Å². The Bertz CT molecular complexity index is 1230. The zero-order valence-electron chi connectivity index (χ0n) is 16.7. The highest BCUT2D eigenvalue weighted by atomic mass is 35.5. The number of halogens is 1. The maximum Gasteiger partial charge on any atom is 0.150 e. The second-order valence-corrected chi connectivity index (χ2v) is 8.52. The van der Waals surface area contributed by atoms with Crippen molar-refractivity contribution in [1.82, 2.24) is 14.4 Å². The topological polar surface area (TPSA) is 76.4 Å². The molecule has 30 heavy (non-hydrogen) atoms. The first-order valence-corrected chi connectivity index (χ1v) is 10.6. The molecular formula is C24H23ClN4O. The van der Waals surface area contributed by atoms with Gasteiger partial charge in [0.05, 0.1) is 0 Å². The van der Waals surface area contributed by atoms with E-state index >= 15 is 0 Å². The Morgan fingerprint density at radius 2 is 1.93 bits per heavy atom. The summed E-state index contributed by atoms with van der Waals surface area (Å²) in [4.78, 5) is 9.23. The van der Waals surface area contributed by atoms with E-state index in [0.717, 1.165) is 41.0 Å². The molecule has 0 spiro atoms. The van der Waals surface area contributed by atoms with Gasteiger partial charge in [-0.25, -0.2) is 9.97 Å². The van der Waals surface area contributed by atoms with Crippen LogP contribution in [0.4, 0.5) is 5.82 Å². The average molecular weight is 419 g/mol. The summed E-state index contributed by atoms with van der Waals surface area (Å²) in [5.41, 5.74) is 8.90. The first-order valence-electron chi connectivity index (χ1n) is 10.2. The molecule has 3 N–H and O–H groups in total. The number of imidazole rings is 1. The molecule has 4 aromatic rings. The summed E-state index contributed by atoms with van der Waals surface area (Å²) in [5.74, 6) is 1.92. The lowest BCUT2D eigenvalue weighted by atomic mass is 9.85. The van der Waals surface area contributed by atoms with Crippen molar-refractivity contribution in [3.63, 3.8) is 0 Å². The summed E-state index contributed by atoms with van der Waals surface area (Å²) in [7, 11) is 0. The molecule has 6 heteroatoms. The molecule has 0 aliphatic heterocycles. The number of aliphatic hydroxyl groups is 1. The van der Waals surface area contributed by atoms with E-state index in [-0.39, 0.29) is 0 Å². The van der Waals surface area contributed by atoms with Gasteiger partial charge < -0.3 is 10.8 Å². The third-order valence-corrected chi connectivity index (χ3v) is 6.50. The minimum Gasteiger partial charge on any atom is -0.382 e. The number of anilines is 1. The molecule has 0 radical (unpaired) electrons. The van der Waals surface area contributed by atoms with Crippen molar-refractivity contribution < 1.29 is 5.11 Å². The molecule has 1 atom stereocenters. The van der Waals surface area contributed by atoms with Crippen LogP contribution in [0.2, 0.25) is 5.02 Å². The van der Waals surface area contributed by atoms with Crippen molar-refractivity contribution in [2.45, 2.75) is 37.7 Å². The number of aromatic nitrogens is 3. The first-order chi connectivity index (χ1) is 14.5. The van der Waals surface area contributed by atoms with Gasteiger partial charge in [0.1, 0.15) is 28.5 Å². The van der Waals surface area contributed by atoms with Gasteiger partial charge in [-0.15, -0.1) is 0 Å². The Morgan fingerprint density at radius 1 is 1.17 bits per heavy atom. The molecule has 1 aliphatic rings. The predicted octanol–water partition coefficient (Wildman–Crippen LogP) is 5.16. The summed E-state index contributed by atoms with van der Waals surface area (Å²) < 4.78 is 2.06. The molecule has 5 nitrogen and oxygen atoms in total.